The second-order valence-corrected chi connectivity index (χ2v) is 9.30. The van der Waals surface area contributed by atoms with Gasteiger partial charge in [0.1, 0.15) is 10.7 Å². The van der Waals surface area contributed by atoms with Gasteiger partial charge >= 0.3 is 5.97 Å². The summed E-state index contributed by atoms with van der Waals surface area (Å²) in [5, 5.41) is 11.8. The highest BCUT2D eigenvalue weighted by molar-refractivity contribution is 7.85. The molecule has 4 rings (SSSR count). The third-order valence-corrected chi connectivity index (χ3v) is 6.83. The molecule has 0 unspecified atom stereocenters. The predicted octanol–water partition coefficient (Wildman–Crippen LogP) is 4.03. The molecular formula is C18H13ClFN3O3S2. The molecule has 10 heteroatoms. The maximum Gasteiger partial charge on any atom is 0.307 e. The molecule has 0 saturated heterocycles. The Balaban J connectivity index is 1.73. The lowest BCUT2D eigenvalue weighted by Crippen LogP contribution is -2.05. The lowest BCUT2D eigenvalue weighted by molar-refractivity contribution is -0.136. The van der Waals surface area contributed by atoms with Gasteiger partial charge in [0.15, 0.2) is 11.6 Å². The zero-order valence-corrected chi connectivity index (χ0v) is 16.6. The van der Waals surface area contributed by atoms with E-state index in [9.17, 15) is 13.4 Å². The molecule has 6 nitrogen and oxygen atoms in total. The standard InChI is InChI=1S/C18H13ClFN3O3S2/c19-14-4-3-13(27-14)17-22-12-5-6-28(26)16(12)18(23-17)21-10-2-1-9(7-15(24)25)11(20)8-10/h1-4,8H,5-7H2,(H,24,25)(H,21,22,23)/t28-/m1/s1. The van der Waals surface area contributed by atoms with E-state index >= 15 is 0 Å². The van der Waals surface area contributed by atoms with Crippen LogP contribution in [0.4, 0.5) is 15.9 Å². The highest BCUT2D eigenvalue weighted by Crippen LogP contribution is 2.35. The number of fused-ring (bicyclic) bond motifs is 1. The Morgan fingerprint density at radius 2 is 2.14 bits per heavy atom. The fourth-order valence-corrected chi connectivity index (χ4v) is 5.18. The molecule has 0 bridgehead atoms. The van der Waals surface area contributed by atoms with Gasteiger partial charge in [0.05, 0.1) is 32.1 Å². The molecule has 1 aromatic carbocycles. The number of nitrogens with one attached hydrogen (secondary N) is 1. The molecule has 0 radical (unpaired) electrons. The van der Waals surface area contributed by atoms with Gasteiger partial charge in [-0.2, -0.15) is 0 Å². The summed E-state index contributed by atoms with van der Waals surface area (Å²) in [5.41, 5.74) is 1.16. The number of aliphatic carboxylic acids is 1. The molecular weight excluding hydrogens is 425 g/mol. The molecule has 1 atom stereocenters. The Bertz CT molecular complexity index is 1120. The number of carboxylic acids is 1. The van der Waals surface area contributed by atoms with Crippen LogP contribution in [0.2, 0.25) is 4.34 Å². The fourth-order valence-electron chi connectivity index (χ4n) is 2.89. The zero-order chi connectivity index (χ0) is 19.8. The van der Waals surface area contributed by atoms with E-state index in [-0.39, 0.29) is 5.56 Å². The van der Waals surface area contributed by atoms with Gasteiger partial charge in [-0.1, -0.05) is 17.7 Å². The lowest BCUT2D eigenvalue weighted by atomic mass is 10.1. The molecule has 2 aromatic heterocycles. The van der Waals surface area contributed by atoms with Crippen molar-refractivity contribution in [2.45, 2.75) is 17.7 Å². The third kappa shape index (κ3) is 3.78. The first-order valence-electron chi connectivity index (χ1n) is 8.23. The van der Waals surface area contributed by atoms with E-state index in [4.69, 9.17) is 16.7 Å². The van der Waals surface area contributed by atoms with Crippen molar-refractivity contribution in [3.8, 4) is 10.7 Å². The fraction of sp³-hybridized carbons (Fsp3) is 0.167. The second-order valence-electron chi connectivity index (χ2n) is 6.08. The largest absolute Gasteiger partial charge is 0.481 e. The number of nitrogens with zero attached hydrogens (tertiary/aromatic N) is 2. The molecule has 144 valence electrons. The van der Waals surface area contributed by atoms with Crippen molar-refractivity contribution in [2.75, 3.05) is 11.1 Å². The molecule has 2 N–H and O–H groups in total. The summed E-state index contributed by atoms with van der Waals surface area (Å²) < 4.78 is 27.2. The van der Waals surface area contributed by atoms with Gasteiger partial charge in [0.25, 0.3) is 0 Å². The highest BCUT2D eigenvalue weighted by atomic mass is 35.5. The first kappa shape index (κ1) is 19.0. The van der Waals surface area contributed by atoms with E-state index < -0.39 is 29.0 Å². The average Bonchev–Trinajstić information content (AvgIpc) is 3.23. The van der Waals surface area contributed by atoms with Crippen LogP contribution < -0.4 is 5.32 Å². The van der Waals surface area contributed by atoms with E-state index in [1.165, 1.54) is 23.5 Å². The number of carbonyl (C=O) groups is 1. The summed E-state index contributed by atoms with van der Waals surface area (Å²) in [6.45, 7) is 0. The number of hydrogen-bond donors (Lipinski definition) is 2. The number of rotatable bonds is 5. The van der Waals surface area contributed by atoms with Crippen molar-refractivity contribution in [3.63, 3.8) is 0 Å². The van der Waals surface area contributed by atoms with Crippen molar-refractivity contribution in [1.82, 2.24) is 9.97 Å². The molecule has 0 fully saturated rings. The van der Waals surface area contributed by atoms with Crippen LogP contribution in [0, 0.1) is 5.82 Å². The van der Waals surface area contributed by atoms with Crippen molar-refractivity contribution in [2.24, 2.45) is 0 Å². The Labute approximate surface area is 170 Å². The van der Waals surface area contributed by atoms with Gasteiger partial charge in [-0.25, -0.2) is 14.4 Å². The minimum absolute atomic E-state index is 0.0865. The molecule has 3 heterocycles. The number of benzene rings is 1. The van der Waals surface area contributed by atoms with Crippen molar-refractivity contribution in [1.29, 1.82) is 0 Å². The summed E-state index contributed by atoms with van der Waals surface area (Å²) >= 11 is 7.34. The quantitative estimate of drug-likeness (QED) is 0.626. The Kier molecular flexibility index (Phi) is 5.13. The Morgan fingerprint density at radius 1 is 1.32 bits per heavy atom. The highest BCUT2D eigenvalue weighted by Gasteiger charge is 2.26. The SMILES string of the molecule is O=C(O)Cc1ccc(Nc2nc(-c3ccc(Cl)s3)nc3c2[S@](=O)CC3)cc1F. The molecule has 3 aromatic rings. The van der Waals surface area contributed by atoms with E-state index in [0.29, 0.717) is 44.4 Å². The van der Waals surface area contributed by atoms with Gasteiger partial charge in [-0.15, -0.1) is 11.3 Å². The van der Waals surface area contributed by atoms with Crippen LogP contribution in [0.25, 0.3) is 10.7 Å². The van der Waals surface area contributed by atoms with Gasteiger partial charge in [0, 0.05) is 17.9 Å². The van der Waals surface area contributed by atoms with E-state index in [0.717, 1.165) is 4.88 Å². The van der Waals surface area contributed by atoms with Crippen molar-refractivity contribution in [3.05, 3.63) is 51.7 Å². The van der Waals surface area contributed by atoms with Gasteiger partial charge in [-0.05, 0) is 29.8 Å². The van der Waals surface area contributed by atoms with E-state index in [1.54, 1.807) is 12.1 Å². The van der Waals surface area contributed by atoms with Gasteiger partial charge < -0.3 is 10.4 Å². The van der Waals surface area contributed by atoms with Crippen LogP contribution in [0.15, 0.2) is 35.2 Å². The maximum atomic E-state index is 14.2. The van der Waals surface area contributed by atoms with Crippen LogP contribution in [0.1, 0.15) is 11.3 Å². The average molecular weight is 438 g/mol. The summed E-state index contributed by atoms with van der Waals surface area (Å²) in [5.74, 6) is -0.475. The van der Waals surface area contributed by atoms with Gasteiger partial charge in [-0.3, -0.25) is 9.00 Å². The molecule has 0 spiro atoms. The Morgan fingerprint density at radius 3 is 2.82 bits per heavy atom. The number of aryl methyl sites for hydroxylation is 1. The number of carboxylic acid groups (broad SMARTS) is 1. The molecule has 28 heavy (non-hydrogen) atoms. The minimum Gasteiger partial charge on any atom is -0.481 e. The number of halogens is 2. The second kappa shape index (κ2) is 7.57. The van der Waals surface area contributed by atoms with Crippen LogP contribution in [0.5, 0.6) is 0 Å². The summed E-state index contributed by atoms with van der Waals surface area (Å²) in [6, 6.07) is 7.73. The molecule has 1 aliphatic rings. The first-order chi connectivity index (χ1) is 13.4. The summed E-state index contributed by atoms with van der Waals surface area (Å²) in [7, 11) is -1.24. The van der Waals surface area contributed by atoms with Gasteiger partial charge in [0.2, 0.25) is 0 Å². The van der Waals surface area contributed by atoms with Crippen molar-refractivity contribution < 1.29 is 18.5 Å². The molecule has 0 aliphatic carbocycles. The van der Waals surface area contributed by atoms with Crippen molar-refractivity contribution >= 4 is 51.2 Å². The van der Waals surface area contributed by atoms with Crippen LogP contribution in [0.3, 0.4) is 0 Å². The predicted molar refractivity (Wildman–Crippen MR) is 106 cm³/mol. The van der Waals surface area contributed by atoms with Crippen LogP contribution >= 0.6 is 22.9 Å². The summed E-state index contributed by atoms with van der Waals surface area (Å²) in [4.78, 5) is 21.1. The van der Waals surface area contributed by atoms with E-state index in [1.807, 2.05) is 6.07 Å². The maximum absolute atomic E-state index is 14.2. The van der Waals surface area contributed by atoms with Crippen LogP contribution in [-0.2, 0) is 28.4 Å². The minimum atomic E-state index is -1.24. The first-order valence-corrected chi connectivity index (χ1v) is 10.7. The smallest absolute Gasteiger partial charge is 0.307 e. The molecule has 0 saturated carbocycles. The Hall–Kier alpha value is -2.36. The lowest BCUT2D eigenvalue weighted by Gasteiger charge is -2.12. The molecule has 1 aliphatic heterocycles. The monoisotopic (exact) mass is 437 g/mol. The zero-order valence-electron chi connectivity index (χ0n) is 14.2. The molecule has 0 amide bonds. The number of anilines is 2. The van der Waals surface area contributed by atoms with Crippen LogP contribution in [-0.4, -0.2) is 31.0 Å². The summed E-state index contributed by atoms with van der Waals surface area (Å²) in [6.07, 6.45) is 0.166. The topological polar surface area (TPSA) is 92.2 Å². The number of hydrogen-bond acceptors (Lipinski definition) is 6. The number of thiophene rings is 1. The third-order valence-electron chi connectivity index (χ3n) is 4.14. The normalized spacial score (nSPS) is 15.4. The van der Waals surface area contributed by atoms with E-state index in [2.05, 4.69) is 15.3 Å². The number of aromatic nitrogens is 2.